The Morgan fingerprint density at radius 3 is 2.76 bits per heavy atom. The molecule has 0 bridgehead atoms. The van der Waals surface area contributed by atoms with Crippen molar-refractivity contribution in [1.29, 1.82) is 0 Å². The van der Waals surface area contributed by atoms with Crippen molar-refractivity contribution in [2.75, 3.05) is 50.7 Å². The molecule has 3 heterocycles. The van der Waals surface area contributed by atoms with Crippen molar-refractivity contribution in [2.45, 2.75) is 31.8 Å². The average molecular weight is 363 g/mol. The summed E-state index contributed by atoms with van der Waals surface area (Å²) in [4.78, 5) is 19.1. The molecular weight excluding hydrogens is 336 g/mol. The van der Waals surface area contributed by atoms with Gasteiger partial charge in [-0.15, -0.1) is 0 Å². The lowest BCUT2D eigenvalue weighted by atomic mass is 10.1. The maximum Gasteiger partial charge on any atom is 0.222 e. The molecule has 136 valence electrons. The zero-order valence-electron chi connectivity index (χ0n) is 14.7. The molecule has 25 heavy (non-hydrogen) atoms. The summed E-state index contributed by atoms with van der Waals surface area (Å²) in [5, 5.41) is 4.20. The lowest BCUT2D eigenvalue weighted by Crippen LogP contribution is -2.43. The average Bonchev–Trinajstić information content (AvgIpc) is 3.26. The number of benzene rings is 1. The van der Waals surface area contributed by atoms with Crippen LogP contribution >= 0.6 is 11.6 Å². The van der Waals surface area contributed by atoms with Crippen molar-refractivity contribution in [2.24, 2.45) is 0 Å². The van der Waals surface area contributed by atoms with Gasteiger partial charge in [-0.3, -0.25) is 9.69 Å². The Labute approximate surface area is 154 Å². The summed E-state index contributed by atoms with van der Waals surface area (Å²) in [5.41, 5.74) is 2.60. The fraction of sp³-hybridized carbons (Fsp3) is 0.632. The third kappa shape index (κ3) is 3.78. The fourth-order valence-electron chi connectivity index (χ4n) is 4.35. The molecule has 0 unspecified atom stereocenters. The van der Waals surface area contributed by atoms with E-state index in [0.717, 1.165) is 76.6 Å². The predicted molar refractivity (Wildman–Crippen MR) is 101 cm³/mol. The maximum atomic E-state index is 12.1. The molecule has 0 saturated carbocycles. The van der Waals surface area contributed by atoms with E-state index in [9.17, 15) is 4.79 Å². The second-order valence-corrected chi connectivity index (χ2v) is 7.81. The Balaban J connectivity index is 1.49. The van der Waals surface area contributed by atoms with Crippen LogP contribution < -0.4 is 10.2 Å². The Hall–Kier alpha value is -1.30. The fourth-order valence-corrected chi connectivity index (χ4v) is 4.51. The molecule has 4 rings (SSSR count). The molecule has 5 nitrogen and oxygen atoms in total. The normalized spacial score (nSPS) is 25.2. The highest BCUT2D eigenvalue weighted by molar-refractivity contribution is 6.30. The number of piperazine rings is 1. The van der Waals surface area contributed by atoms with Crippen LogP contribution in [0.3, 0.4) is 0 Å². The van der Waals surface area contributed by atoms with Gasteiger partial charge in [-0.2, -0.15) is 0 Å². The minimum atomic E-state index is 0.332. The van der Waals surface area contributed by atoms with E-state index in [4.69, 9.17) is 11.6 Å². The first-order chi connectivity index (χ1) is 12.2. The topological polar surface area (TPSA) is 38.8 Å². The van der Waals surface area contributed by atoms with E-state index in [0.29, 0.717) is 11.9 Å². The van der Waals surface area contributed by atoms with Gasteiger partial charge >= 0.3 is 0 Å². The van der Waals surface area contributed by atoms with E-state index in [1.807, 2.05) is 6.07 Å². The highest BCUT2D eigenvalue weighted by atomic mass is 35.5. The minimum absolute atomic E-state index is 0.332. The van der Waals surface area contributed by atoms with Crippen LogP contribution in [0.15, 0.2) is 18.2 Å². The first-order valence-electron chi connectivity index (χ1n) is 9.46. The number of hydrogen-bond donors (Lipinski definition) is 1. The Morgan fingerprint density at radius 2 is 2.00 bits per heavy atom. The number of nitrogens with one attached hydrogen (secondary N) is 1. The van der Waals surface area contributed by atoms with Crippen LogP contribution in [0.2, 0.25) is 5.02 Å². The number of carbonyl (C=O) groups excluding carboxylic acids is 1. The molecule has 1 atom stereocenters. The standard InChI is InChI=1S/C19H27ClN4O/c20-16-4-3-15(13-22-10-6-21-7-11-22)18(12-16)23-9-5-17(14-23)24-8-1-2-19(24)25/h3-4,12,17,21H,1-2,5-11,13-14H2/t17-/m1/s1. The first kappa shape index (κ1) is 17.1. The molecule has 3 saturated heterocycles. The van der Waals surface area contributed by atoms with Crippen LogP contribution in [0.5, 0.6) is 0 Å². The van der Waals surface area contributed by atoms with Gasteiger partial charge in [0.05, 0.1) is 6.04 Å². The highest BCUT2D eigenvalue weighted by Gasteiger charge is 2.33. The molecule has 1 N–H and O–H groups in total. The molecule has 6 heteroatoms. The lowest BCUT2D eigenvalue weighted by Gasteiger charge is -2.30. The van der Waals surface area contributed by atoms with Crippen LogP contribution in [-0.2, 0) is 11.3 Å². The summed E-state index contributed by atoms with van der Waals surface area (Å²) >= 11 is 6.31. The monoisotopic (exact) mass is 362 g/mol. The SMILES string of the molecule is O=C1CCCN1[C@@H]1CCN(c2cc(Cl)ccc2CN2CCNCC2)C1. The van der Waals surface area contributed by atoms with Crippen LogP contribution in [0.25, 0.3) is 0 Å². The van der Waals surface area contributed by atoms with Gasteiger partial charge in [0.25, 0.3) is 0 Å². The van der Waals surface area contributed by atoms with E-state index < -0.39 is 0 Å². The third-order valence-corrected chi connectivity index (χ3v) is 5.94. The first-order valence-corrected chi connectivity index (χ1v) is 9.84. The maximum absolute atomic E-state index is 12.1. The van der Waals surface area contributed by atoms with E-state index >= 15 is 0 Å². The minimum Gasteiger partial charge on any atom is -0.369 e. The summed E-state index contributed by atoms with van der Waals surface area (Å²) in [6.45, 7) is 8.14. The van der Waals surface area contributed by atoms with Gasteiger partial charge in [0.2, 0.25) is 5.91 Å². The van der Waals surface area contributed by atoms with Gasteiger partial charge < -0.3 is 15.1 Å². The predicted octanol–water partition coefficient (Wildman–Crippen LogP) is 1.95. The second kappa shape index (κ2) is 7.52. The van der Waals surface area contributed by atoms with Crippen molar-refractivity contribution < 1.29 is 4.79 Å². The van der Waals surface area contributed by atoms with Gasteiger partial charge in [0.1, 0.15) is 0 Å². The molecule has 3 fully saturated rings. The van der Waals surface area contributed by atoms with Crippen molar-refractivity contribution >= 4 is 23.2 Å². The summed E-state index contributed by atoms with van der Waals surface area (Å²) in [5.74, 6) is 0.332. The zero-order chi connectivity index (χ0) is 17.2. The quantitative estimate of drug-likeness (QED) is 0.888. The zero-order valence-corrected chi connectivity index (χ0v) is 15.5. The van der Waals surface area contributed by atoms with Crippen LogP contribution in [-0.4, -0.2) is 67.6 Å². The van der Waals surface area contributed by atoms with Gasteiger partial charge in [-0.05, 0) is 30.5 Å². The molecule has 0 aliphatic carbocycles. The molecule has 0 aromatic heterocycles. The van der Waals surface area contributed by atoms with Crippen molar-refractivity contribution in [3.8, 4) is 0 Å². The summed E-state index contributed by atoms with van der Waals surface area (Å²) in [6.07, 6.45) is 2.80. The number of nitrogens with zero attached hydrogens (tertiary/aromatic N) is 3. The number of hydrogen-bond acceptors (Lipinski definition) is 4. The van der Waals surface area contributed by atoms with Crippen molar-refractivity contribution in [3.63, 3.8) is 0 Å². The smallest absolute Gasteiger partial charge is 0.222 e. The summed E-state index contributed by atoms with van der Waals surface area (Å²) in [7, 11) is 0. The molecule has 3 aliphatic heterocycles. The second-order valence-electron chi connectivity index (χ2n) is 7.38. The number of anilines is 1. The van der Waals surface area contributed by atoms with Gasteiger partial charge in [0, 0.05) is 69.5 Å². The Morgan fingerprint density at radius 1 is 1.16 bits per heavy atom. The van der Waals surface area contributed by atoms with Crippen LogP contribution in [0.1, 0.15) is 24.8 Å². The third-order valence-electron chi connectivity index (χ3n) is 5.71. The van der Waals surface area contributed by atoms with Crippen LogP contribution in [0.4, 0.5) is 5.69 Å². The molecule has 0 spiro atoms. The number of likely N-dealkylation sites (tertiary alicyclic amines) is 1. The molecule has 1 amide bonds. The molecular formula is C19H27ClN4O. The van der Waals surface area contributed by atoms with Gasteiger partial charge in [-0.1, -0.05) is 17.7 Å². The van der Waals surface area contributed by atoms with Gasteiger partial charge in [-0.25, -0.2) is 0 Å². The number of halogens is 1. The van der Waals surface area contributed by atoms with Crippen molar-refractivity contribution in [3.05, 3.63) is 28.8 Å². The van der Waals surface area contributed by atoms with Crippen LogP contribution in [0, 0.1) is 0 Å². The molecule has 1 aromatic rings. The number of rotatable bonds is 4. The number of carbonyl (C=O) groups is 1. The lowest BCUT2D eigenvalue weighted by molar-refractivity contribution is -0.129. The van der Waals surface area contributed by atoms with E-state index in [2.05, 4.69) is 32.1 Å². The van der Waals surface area contributed by atoms with E-state index in [1.165, 1.54) is 11.3 Å². The van der Waals surface area contributed by atoms with E-state index in [-0.39, 0.29) is 0 Å². The number of amides is 1. The Kier molecular flexibility index (Phi) is 5.15. The Bertz CT molecular complexity index is 632. The highest BCUT2D eigenvalue weighted by Crippen LogP contribution is 2.31. The van der Waals surface area contributed by atoms with E-state index in [1.54, 1.807) is 0 Å². The summed E-state index contributed by atoms with van der Waals surface area (Å²) in [6, 6.07) is 6.64. The molecule has 0 radical (unpaired) electrons. The van der Waals surface area contributed by atoms with Crippen molar-refractivity contribution in [1.82, 2.24) is 15.1 Å². The summed E-state index contributed by atoms with van der Waals surface area (Å²) < 4.78 is 0. The molecule has 3 aliphatic rings. The largest absolute Gasteiger partial charge is 0.369 e. The molecule has 1 aromatic carbocycles. The van der Waals surface area contributed by atoms with Gasteiger partial charge in [0.15, 0.2) is 0 Å².